The molecule has 0 fully saturated rings. The number of benzene rings is 1. The van der Waals surface area contributed by atoms with Crippen LogP contribution in [0.1, 0.15) is 29.0 Å². The standard InChI is InChI=1S/C15H18BrNOS/c1-10-4-5-12(14(8-10)18-3)11(2)17-9-15-13(16)6-7-19-15/h4-8,11,17H,9H2,1-3H3. The summed E-state index contributed by atoms with van der Waals surface area (Å²) in [5.41, 5.74) is 2.41. The molecule has 2 nitrogen and oxygen atoms in total. The lowest BCUT2D eigenvalue weighted by Crippen LogP contribution is -2.18. The van der Waals surface area contributed by atoms with Gasteiger partial charge in [0.25, 0.3) is 0 Å². The largest absolute Gasteiger partial charge is 0.496 e. The lowest BCUT2D eigenvalue weighted by molar-refractivity contribution is 0.401. The predicted molar refractivity (Wildman–Crippen MR) is 85.0 cm³/mol. The quantitative estimate of drug-likeness (QED) is 0.853. The Balaban J connectivity index is 2.07. The number of methoxy groups -OCH3 is 1. The molecule has 1 unspecified atom stereocenters. The third kappa shape index (κ3) is 3.59. The summed E-state index contributed by atoms with van der Waals surface area (Å²) in [5, 5.41) is 5.63. The molecule has 0 spiro atoms. The molecule has 1 heterocycles. The van der Waals surface area contributed by atoms with Crippen LogP contribution in [0.4, 0.5) is 0 Å². The van der Waals surface area contributed by atoms with E-state index in [2.05, 4.69) is 64.7 Å². The van der Waals surface area contributed by atoms with Gasteiger partial charge in [-0.15, -0.1) is 11.3 Å². The maximum Gasteiger partial charge on any atom is 0.123 e. The molecule has 0 bridgehead atoms. The Hall–Kier alpha value is -0.840. The Labute approximate surface area is 126 Å². The maximum atomic E-state index is 5.46. The van der Waals surface area contributed by atoms with E-state index < -0.39 is 0 Å². The minimum atomic E-state index is 0.254. The molecule has 0 amide bonds. The van der Waals surface area contributed by atoms with Crippen molar-refractivity contribution < 1.29 is 4.74 Å². The average Bonchev–Trinajstić information content (AvgIpc) is 2.81. The van der Waals surface area contributed by atoms with Crippen LogP contribution in [-0.4, -0.2) is 7.11 Å². The van der Waals surface area contributed by atoms with E-state index in [1.54, 1.807) is 18.4 Å². The van der Waals surface area contributed by atoms with Gasteiger partial charge in [0.1, 0.15) is 5.75 Å². The van der Waals surface area contributed by atoms with Gasteiger partial charge in [0.2, 0.25) is 0 Å². The summed E-state index contributed by atoms with van der Waals surface area (Å²) < 4.78 is 6.64. The lowest BCUT2D eigenvalue weighted by Gasteiger charge is -2.17. The van der Waals surface area contributed by atoms with E-state index >= 15 is 0 Å². The molecule has 1 aromatic carbocycles. The first-order valence-corrected chi connectivity index (χ1v) is 7.89. The zero-order chi connectivity index (χ0) is 13.8. The summed E-state index contributed by atoms with van der Waals surface area (Å²) in [6, 6.07) is 8.67. The zero-order valence-corrected chi connectivity index (χ0v) is 13.8. The van der Waals surface area contributed by atoms with E-state index in [1.165, 1.54) is 20.5 Å². The summed E-state index contributed by atoms with van der Waals surface area (Å²) in [6.45, 7) is 5.10. The molecule has 0 radical (unpaired) electrons. The first-order valence-electron chi connectivity index (χ1n) is 6.21. The van der Waals surface area contributed by atoms with E-state index in [0.29, 0.717) is 0 Å². The monoisotopic (exact) mass is 339 g/mol. The zero-order valence-electron chi connectivity index (χ0n) is 11.4. The fourth-order valence-electron chi connectivity index (χ4n) is 1.98. The van der Waals surface area contributed by atoms with Gasteiger partial charge in [-0.2, -0.15) is 0 Å². The number of nitrogens with one attached hydrogen (secondary N) is 1. The number of aryl methyl sites for hydroxylation is 1. The van der Waals surface area contributed by atoms with Gasteiger partial charge in [-0.3, -0.25) is 0 Å². The van der Waals surface area contributed by atoms with Crippen molar-refractivity contribution in [3.8, 4) is 5.75 Å². The Morgan fingerprint density at radius 1 is 1.37 bits per heavy atom. The Kier molecular flexibility index (Phi) is 5.02. The van der Waals surface area contributed by atoms with Gasteiger partial charge in [0.15, 0.2) is 0 Å². The smallest absolute Gasteiger partial charge is 0.123 e. The molecular formula is C15H18BrNOS. The molecule has 2 rings (SSSR count). The van der Waals surface area contributed by atoms with Crippen molar-refractivity contribution in [3.05, 3.63) is 50.1 Å². The second kappa shape index (κ2) is 6.55. The van der Waals surface area contributed by atoms with Crippen molar-refractivity contribution in [1.82, 2.24) is 5.32 Å². The lowest BCUT2D eigenvalue weighted by atomic mass is 10.0. The molecule has 1 N–H and O–H groups in total. The van der Waals surface area contributed by atoms with Gasteiger partial charge < -0.3 is 10.1 Å². The van der Waals surface area contributed by atoms with Crippen LogP contribution in [0.25, 0.3) is 0 Å². The molecule has 1 atom stereocenters. The van der Waals surface area contributed by atoms with Crippen molar-refractivity contribution in [1.29, 1.82) is 0 Å². The average molecular weight is 340 g/mol. The SMILES string of the molecule is COc1cc(C)ccc1C(C)NCc1sccc1Br. The van der Waals surface area contributed by atoms with Crippen molar-refractivity contribution >= 4 is 27.3 Å². The van der Waals surface area contributed by atoms with Gasteiger partial charge in [-0.05, 0) is 52.9 Å². The highest BCUT2D eigenvalue weighted by atomic mass is 79.9. The van der Waals surface area contributed by atoms with Crippen LogP contribution in [0, 0.1) is 6.92 Å². The minimum Gasteiger partial charge on any atom is -0.496 e. The summed E-state index contributed by atoms with van der Waals surface area (Å²) in [5.74, 6) is 0.949. The van der Waals surface area contributed by atoms with Crippen LogP contribution in [0.3, 0.4) is 0 Å². The van der Waals surface area contributed by atoms with Gasteiger partial charge >= 0.3 is 0 Å². The van der Waals surface area contributed by atoms with Crippen LogP contribution < -0.4 is 10.1 Å². The van der Waals surface area contributed by atoms with Crippen LogP contribution in [-0.2, 0) is 6.54 Å². The third-order valence-electron chi connectivity index (χ3n) is 3.12. The molecule has 102 valence electrons. The molecule has 0 aliphatic rings. The van der Waals surface area contributed by atoms with Crippen LogP contribution in [0.5, 0.6) is 5.75 Å². The van der Waals surface area contributed by atoms with Crippen LogP contribution >= 0.6 is 27.3 Å². The second-order valence-electron chi connectivity index (χ2n) is 4.54. The highest BCUT2D eigenvalue weighted by molar-refractivity contribution is 9.10. The molecule has 0 saturated heterocycles. The Morgan fingerprint density at radius 3 is 2.79 bits per heavy atom. The van der Waals surface area contributed by atoms with E-state index in [4.69, 9.17) is 4.74 Å². The molecule has 19 heavy (non-hydrogen) atoms. The second-order valence-corrected chi connectivity index (χ2v) is 6.39. The van der Waals surface area contributed by atoms with Crippen molar-refractivity contribution in [2.24, 2.45) is 0 Å². The first kappa shape index (κ1) is 14.6. The third-order valence-corrected chi connectivity index (χ3v) is 5.04. The number of rotatable bonds is 5. The van der Waals surface area contributed by atoms with Crippen LogP contribution in [0.2, 0.25) is 0 Å². The van der Waals surface area contributed by atoms with Crippen molar-refractivity contribution in [2.75, 3.05) is 7.11 Å². The minimum absolute atomic E-state index is 0.254. The van der Waals surface area contributed by atoms with Gasteiger partial charge in [-0.1, -0.05) is 12.1 Å². The predicted octanol–water partition coefficient (Wildman–Crippen LogP) is 4.68. The van der Waals surface area contributed by atoms with E-state index in [1.807, 2.05) is 0 Å². The highest BCUT2D eigenvalue weighted by Crippen LogP contribution is 2.28. The number of halogens is 1. The summed E-state index contributed by atoms with van der Waals surface area (Å²) >= 11 is 5.31. The molecule has 2 aromatic rings. The molecular weight excluding hydrogens is 322 g/mol. The number of hydrogen-bond donors (Lipinski definition) is 1. The molecule has 0 aliphatic heterocycles. The molecule has 4 heteroatoms. The van der Waals surface area contributed by atoms with Gasteiger partial charge in [0, 0.05) is 27.5 Å². The fraction of sp³-hybridized carbons (Fsp3) is 0.333. The summed E-state index contributed by atoms with van der Waals surface area (Å²) in [7, 11) is 1.72. The molecule has 1 aromatic heterocycles. The van der Waals surface area contributed by atoms with E-state index in [0.717, 1.165) is 12.3 Å². The Bertz CT molecular complexity index is 553. The van der Waals surface area contributed by atoms with Crippen molar-refractivity contribution in [2.45, 2.75) is 26.4 Å². The van der Waals surface area contributed by atoms with E-state index in [9.17, 15) is 0 Å². The Morgan fingerprint density at radius 2 is 2.16 bits per heavy atom. The summed E-state index contributed by atoms with van der Waals surface area (Å²) in [4.78, 5) is 1.32. The van der Waals surface area contributed by atoms with Gasteiger partial charge in [-0.25, -0.2) is 0 Å². The number of hydrogen-bond acceptors (Lipinski definition) is 3. The van der Waals surface area contributed by atoms with E-state index in [-0.39, 0.29) is 6.04 Å². The topological polar surface area (TPSA) is 21.3 Å². The first-order chi connectivity index (χ1) is 9.11. The highest BCUT2D eigenvalue weighted by Gasteiger charge is 2.12. The van der Waals surface area contributed by atoms with Crippen molar-refractivity contribution in [3.63, 3.8) is 0 Å². The van der Waals surface area contributed by atoms with Crippen LogP contribution in [0.15, 0.2) is 34.1 Å². The molecule has 0 aliphatic carbocycles. The normalized spacial score (nSPS) is 12.4. The number of ether oxygens (including phenoxy) is 1. The number of thiophene rings is 1. The molecule has 0 saturated carbocycles. The summed E-state index contributed by atoms with van der Waals surface area (Å²) in [6.07, 6.45) is 0. The maximum absolute atomic E-state index is 5.46. The van der Waals surface area contributed by atoms with Gasteiger partial charge in [0.05, 0.1) is 7.11 Å². The fourth-order valence-corrected chi connectivity index (χ4v) is 3.43.